The van der Waals surface area contributed by atoms with Crippen LogP contribution in [0.5, 0.6) is 0 Å². The molecule has 2 unspecified atom stereocenters. The average Bonchev–Trinajstić information content (AvgIpc) is 2.23. The van der Waals surface area contributed by atoms with Gasteiger partial charge in [-0.3, -0.25) is 4.90 Å². The third kappa shape index (κ3) is 5.23. The molecule has 0 saturated heterocycles. The number of aliphatic hydroxyl groups excluding tert-OH is 1. The molecule has 2 atom stereocenters. The van der Waals surface area contributed by atoms with Crippen LogP contribution in [-0.2, 0) is 9.47 Å². The predicted octanol–water partition coefficient (Wildman–Crippen LogP) is -0.322. The Hall–Kier alpha value is -0.200. The highest BCUT2D eigenvalue weighted by atomic mass is 16.5. The lowest BCUT2D eigenvalue weighted by molar-refractivity contribution is 0.0344. The molecule has 16 heavy (non-hydrogen) atoms. The molecule has 0 saturated carbocycles. The molecule has 0 radical (unpaired) electrons. The minimum absolute atomic E-state index is 0.0341. The van der Waals surface area contributed by atoms with Crippen molar-refractivity contribution in [2.75, 3.05) is 40.6 Å². The van der Waals surface area contributed by atoms with E-state index in [1.165, 1.54) is 0 Å². The highest BCUT2D eigenvalue weighted by molar-refractivity contribution is 4.83. The van der Waals surface area contributed by atoms with E-state index in [-0.39, 0.29) is 18.7 Å². The Morgan fingerprint density at radius 3 is 2.25 bits per heavy atom. The fraction of sp³-hybridized carbons (Fsp3) is 1.00. The van der Waals surface area contributed by atoms with Crippen LogP contribution in [0.2, 0.25) is 0 Å². The molecule has 0 aromatic rings. The van der Waals surface area contributed by atoms with Gasteiger partial charge in [-0.2, -0.15) is 0 Å². The van der Waals surface area contributed by atoms with E-state index >= 15 is 0 Å². The second-order valence-corrected chi connectivity index (χ2v) is 4.19. The maximum Gasteiger partial charge on any atom is 0.0629 e. The minimum Gasteiger partial charge on any atom is -0.395 e. The van der Waals surface area contributed by atoms with Gasteiger partial charge in [0, 0.05) is 32.8 Å². The summed E-state index contributed by atoms with van der Waals surface area (Å²) in [5.74, 6) is 0. The zero-order valence-electron chi connectivity index (χ0n) is 10.8. The van der Waals surface area contributed by atoms with E-state index in [2.05, 4.69) is 18.7 Å². The van der Waals surface area contributed by atoms with Crippen LogP contribution in [0.3, 0.4) is 0 Å². The number of methoxy groups -OCH3 is 2. The first-order valence-corrected chi connectivity index (χ1v) is 5.68. The summed E-state index contributed by atoms with van der Waals surface area (Å²) in [5.41, 5.74) is 5.98. The summed E-state index contributed by atoms with van der Waals surface area (Å²) in [6.45, 7) is 6.04. The molecule has 5 nitrogen and oxygen atoms in total. The summed E-state index contributed by atoms with van der Waals surface area (Å²) < 4.78 is 10.1. The molecule has 0 amide bonds. The minimum atomic E-state index is -0.186. The molecule has 0 rings (SSSR count). The predicted molar refractivity (Wildman–Crippen MR) is 64.4 cm³/mol. The highest BCUT2D eigenvalue weighted by Crippen LogP contribution is 2.08. The summed E-state index contributed by atoms with van der Waals surface area (Å²) in [6.07, 6.45) is 0. The monoisotopic (exact) mass is 234 g/mol. The fourth-order valence-corrected chi connectivity index (χ4v) is 1.79. The average molecular weight is 234 g/mol. The molecule has 5 heteroatoms. The first-order chi connectivity index (χ1) is 7.58. The zero-order chi connectivity index (χ0) is 12.6. The highest BCUT2D eigenvalue weighted by Gasteiger charge is 2.25. The van der Waals surface area contributed by atoms with E-state index in [0.717, 1.165) is 6.54 Å². The largest absolute Gasteiger partial charge is 0.395 e. The van der Waals surface area contributed by atoms with Crippen molar-refractivity contribution in [3.05, 3.63) is 0 Å². The number of hydrogen-bond acceptors (Lipinski definition) is 5. The lowest BCUT2D eigenvalue weighted by atomic mass is 10.1. The van der Waals surface area contributed by atoms with Crippen LogP contribution in [0.4, 0.5) is 0 Å². The van der Waals surface area contributed by atoms with E-state index in [0.29, 0.717) is 19.3 Å². The third-order valence-electron chi connectivity index (χ3n) is 2.68. The quantitative estimate of drug-likeness (QED) is 0.572. The number of nitrogens with zero attached hydrogens (tertiary/aromatic N) is 1. The Morgan fingerprint density at radius 2 is 1.88 bits per heavy atom. The SMILES string of the molecule is COCCN(C(C)C)C(CO)C(N)COC. The number of hydrogen-bond donors (Lipinski definition) is 2. The van der Waals surface area contributed by atoms with Crippen LogP contribution >= 0.6 is 0 Å². The van der Waals surface area contributed by atoms with Crippen molar-refractivity contribution >= 4 is 0 Å². The van der Waals surface area contributed by atoms with Crippen LogP contribution in [0, 0.1) is 0 Å². The van der Waals surface area contributed by atoms with Crippen LogP contribution in [0.25, 0.3) is 0 Å². The Kier molecular flexibility index (Phi) is 8.78. The molecule has 0 spiro atoms. The van der Waals surface area contributed by atoms with Gasteiger partial charge in [0.25, 0.3) is 0 Å². The Bertz CT molecular complexity index is 167. The van der Waals surface area contributed by atoms with Crippen LogP contribution in [0.15, 0.2) is 0 Å². The molecule has 0 aliphatic rings. The number of nitrogens with two attached hydrogens (primary N) is 1. The Balaban J connectivity index is 4.43. The van der Waals surface area contributed by atoms with Gasteiger partial charge >= 0.3 is 0 Å². The molecule has 3 N–H and O–H groups in total. The third-order valence-corrected chi connectivity index (χ3v) is 2.68. The summed E-state index contributed by atoms with van der Waals surface area (Å²) in [7, 11) is 3.28. The molecule has 0 aromatic heterocycles. The second-order valence-electron chi connectivity index (χ2n) is 4.19. The smallest absolute Gasteiger partial charge is 0.0629 e. The van der Waals surface area contributed by atoms with E-state index in [9.17, 15) is 5.11 Å². The van der Waals surface area contributed by atoms with Gasteiger partial charge in [0.2, 0.25) is 0 Å². The topological polar surface area (TPSA) is 68.0 Å². The van der Waals surface area contributed by atoms with Gasteiger partial charge in [0.15, 0.2) is 0 Å². The van der Waals surface area contributed by atoms with Crippen molar-refractivity contribution in [2.24, 2.45) is 5.73 Å². The maximum atomic E-state index is 9.42. The van der Waals surface area contributed by atoms with Crippen molar-refractivity contribution in [1.29, 1.82) is 0 Å². The van der Waals surface area contributed by atoms with Crippen molar-refractivity contribution in [3.8, 4) is 0 Å². The fourth-order valence-electron chi connectivity index (χ4n) is 1.79. The van der Waals surface area contributed by atoms with E-state index < -0.39 is 0 Å². The van der Waals surface area contributed by atoms with Crippen LogP contribution < -0.4 is 5.73 Å². The van der Waals surface area contributed by atoms with Crippen LogP contribution in [0.1, 0.15) is 13.8 Å². The van der Waals surface area contributed by atoms with Crippen molar-refractivity contribution in [2.45, 2.75) is 32.0 Å². The lowest BCUT2D eigenvalue weighted by Gasteiger charge is -2.36. The molecule has 0 aliphatic carbocycles. The standard InChI is InChI=1S/C11H26N2O3/c1-9(2)13(5-6-15-3)11(7-14)10(12)8-16-4/h9-11,14H,5-8,12H2,1-4H3. The molecular weight excluding hydrogens is 208 g/mol. The van der Waals surface area contributed by atoms with Crippen molar-refractivity contribution in [1.82, 2.24) is 4.90 Å². The van der Waals surface area contributed by atoms with E-state index in [4.69, 9.17) is 15.2 Å². The molecule has 0 heterocycles. The molecule has 0 aliphatic heterocycles. The van der Waals surface area contributed by atoms with Gasteiger partial charge in [-0.15, -0.1) is 0 Å². The summed E-state index contributed by atoms with van der Waals surface area (Å²) >= 11 is 0. The van der Waals surface area contributed by atoms with Gasteiger partial charge in [0.05, 0.1) is 25.9 Å². The normalized spacial score (nSPS) is 15.8. The van der Waals surface area contributed by atoms with Gasteiger partial charge in [-0.1, -0.05) is 0 Å². The Labute approximate surface area is 98.5 Å². The van der Waals surface area contributed by atoms with Crippen molar-refractivity contribution in [3.63, 3.8) is 0 Å². The van der Waals surface area contributed by atoms with Gasteiger partial charge in [0.1, 0.15) is 0 Å². The number of aliphatic hydroxyl groups is 1. The molecule has 98 valence electrons. The molecule has 0 bridgehead atoms. The summed E-state index contributed by atoms with van der Waals surface area (Å²) in [4.78, 5) is 2.15. The lowest BCUT2D eigenvalue weighted by Crippen LogP contribution is -2.55. The Morgan fingerprint density at radius 1 is 1.25 bits per heavy atom. The summed E-state index contributed by atoms with van der Waals surface area (Å²) in [6, 6.07) is 0.0413. The van der Waals surface area contributed by atoms with Crippen LogP contribution in [-0.4, -0.2) is 68.7 Å². The zero-order valence-corrected chi connectivity index (χ0v) is 10.8. The first kappa shape index (κ1) is 15.8. The van der Waals surface area contributed by atoms with Gasteiger partial charge in [-0.05, 0) is 13.8 Å². The molecular formula is C11H26N2O3. The van der Waals surface area contributed by atoms with Crippen molar-refractivity contribution < 1.29 is 14.6 Å². The number of ether oxygens (including phenoxy) is 2. The maximum absolute atomic E-state index is 9.42. The molecule has 0 aromatic carbocycles. The first-order valence-electron chi connectivity index (χ1n) is 5.68. The molecule has 0 fully saturated rings. The van der Waals surface area contributed by atoms with E-state index in [1.807, 2.05) is 0 Å². The summed E-state index contributed by atoms with van der Waals surface area (Å²) in [5, 5.41) is 9.42. The number of rotatable bonds is 9. The second kappa shape index (κ2) is 8.90. The van der Waals surface area contributed by atoms with E-state index in [1.54, 1.807) is 14.2 Å². The van der Waals surface area contributed by atoms with Gasteiger partial charge < -0.3 is 20.3 Å². The van der Waals surface area contributed by atoms with Gasteiger partial charge in [-0.25, -0.2) is 0 Å².